The average molecular weight is 363 g/mol. The van der Waals surface area contributed by atoms with E-state index in [1.54, 1.807) is 41.5 Å². The summed E-state index contributed by atoms with van der Waals surface area (Å²) in [4.78, 5) is 29.3. The molecule has 1 aromatic heterocycles. The number of hydrogen-bond donors (Lipinski definition) is 0. The maximum absolute atomic E-state index is 12.4. The predicted octanol–water partition coefficient (Wildman–Crippen LogP) is 5.07. The molecule has 0 aliphatic rings. The van der Waals surface area contributed by atoms with Crippen LogP contribution >= 0.6 is 23.2 Å². The highest BCUT2D eigenvalue weighted by atomic mass is 35.5. The zero-order valence-corrected chi connectivity index (χ0v) is 15.4. The van der Waals surface area contributed by atoms with Crippen LogP contribution in [0.5, 0.6) is 0 Å². The quantitative estimate of drug-likeness (QED) is 0.652. The van der Waals surface area contributed by atoms with Gasteiger partial charge in [-0.25, -0.2) is 14.6 Å². The van der Waals surface area contributed by atoms with Gasteiger partial charge in [0.05, 0.1) is 5.69 Å². The number of ether oxygens (including phenoxy) is 2. The van der Waals surface area contributed by atoms with E-state index >= 15 is 0 Å². The van der Waals surface area contributed by atoms with Crippen molar-refractivity contribution >= 4 is 41.1 Å². The molecule has 2 amide bonds. The van der Waals surface area contributed by atoms with Crippen LogP contribution in [0.15, 0.2) is 12.1 Å². The van der Waals surface area contributed by atoms with Crippen LogP contribution in [0.3, 0.4) is 0 Å². The third-order valence-electron chi connectivity index (χ3n) is 2.19. The van der Waals surface area contributed by atoms with Crippen molar-refractivity contribution in [2.45, 2.75) is 52.7 Å². The molecule has 0 aromatic carbocycles. The van der Waals surface area contributed by atoms with E-state index in [9.17, 15) is 9.59 Å². The van der Waals surface area contributed by atoms with E-state index in [2.05, 4.69) is 4.98 Å². The Morgan fingerprint density at radius 3 is 1.74 bits per heavy atom. The minimum Gasteiger partial charge on any atom is -0.443 e. The minimum atomic E-state index is -0.919. The third kappa shape index (κ3) is 6.23. The Morgan fingerprint density at radius 2 is 1.39 bits per heavy atom. The van der Waals surface area contributed by atoms with Gasteiger partial charge >= 0.3 is 12.2 Å². The van der Waals surface area contributed by atoms with Crippen LogP contribution in [0.4, 0.5) is 15.3 Å². The van der Waals surface area contributed by atoms with Crippen molar-refractivity contribution in [2.75, 3.05) is 4.90 Å². The largest absolute Gasteiger partial charge is 0.443 e. The SMILES string of the molecule is CC(C)(C)OC(=O)N(C(=O)OC(C)(C)C)c1ccc(Cl)nc1Cl. The topological polar surface area (TPSA) is 68.7 Å². The molecule has 0 saturated heterocycles. The molecule has 1 rings (SSSR count). The van der Waals surface area contributed by atoms with Crippen LogP contribution in [0.2, 0.25) is 10.3 Å². The lowest BCUT2D eigenvalue weighted by atomic mass is 10.2. The number of amides is 2. The predicted molar refractivity (Wildman–Crippen MR) is 89.2 cm³/mol. The highest BCUT2D eigenvalue weighted by Gasteiger charge is 2.34. The molecule has 8 heteroatoms. The zero-order chi connectivity index (χ0) is 18.0. The number of anilines is 1. The number of aromatic nitrogens is 1. The summed E-state index contributed by atoms with van der Waals surface area (Å²) < 4.78 is 10.5. The minimum absolute atomic E-state index is 0.0274. The molecule has 0 spiro atoms. The first kappa shape index (κ1) is 19.5. The lowest BCUT2D eigenvalue weighted by Crippen LogP contribution is -2.44. The Kier molecular flexibility index (Phi) is 5.88. The average Bonchev–Trinajstić information content (AvgIpc) is 2.27. The van der Waals surface area contributed by atoms with Gasteiger partial charge in [-0.15, -0.1) is 0 Å². The van der Waals surface area contributed by atoms with Crippen molar-refractivity contribution in [2.24, 2.45) is 0 Å². The number of rotatable bonds is 1. The lowest BCUT2D eigenvalue weighted by molar-refractivity contribution is 0.0430. The molecule has 0 saturated carbocycles. The summed E-state index contributed by atoms with van der Waals surface area (Å²) in [5, 5.41) is 0.0151. The standard InChI is InChI=1S/C15H20Cl2N2O4/c1-14(2,3)22-12(20)19(13(21)23-15(4,5)6)9-7-8-10(16)18-11(9)17/h7-8H,1-6H3. The van der Waals surface area contributed by atoms with Crippen molar-refractivity contribution in [3.05, 3.63) is 22.4 Å². The van der Waals surface area contributed by atoms with Crippen molar-refractivity contribution in [3.63, 3.8) is 0 Å². The van der Waals surface area contributed by atoms with Gasteiger partial charge in [0.1, 0.15) is 16.4 Å². The Bertz CT molecular complexity index is 578. The number of imide groups is 1. The summed E-state index contributed by atoms with van der Waals surface area (Å²) in [6.45, 7) is 10.1. The van der Waals surface area contributed by atoms with Crippen LogP contribution in [0.1, 0.15) is 41.5 Å². The summed E-state index contributed by atoms with van der Waals surface area (Å²) >= 11 is 11.7. The second kappa shape index (κ2) is 6.93. The van der Waals surface area contributed by atoms with E-state index in [0.29, 0.717) is 4.90 Å². The summed E-state index contributed by atoms with van der Waals surface area (Å²) in [5.41, 5.74) is -1.58. The lowest BCUT2D eigenvalue weighted by Gasteiger charge is -2.28. The highest BCUT2D eigenvalue weighted by Crippen LogP contribution is 2.28. The van der Waals surface area contributed by atoms with Gasteiger partial charge in [0.25, 0.3) is 0 Å². The van der Waals surface area contributed by atoms with Gasteiger partial charge in [-0.3, -0.25) is 0 Å². The fraction of sp³-hybridized carbons (Fsp3) is 0.533. The van der Waals surface area contributed by atoms with E-state index < -0.39 is 23.4 Å². The molecular formula is C15H20Cl2N2O4. The molecule has 0 N–H and O–H groups in total. The zero-order valence-electron chi connectivity index (χ0n) is 13.9. The second-order valence-electron chi connectivity index (χ2n) is 6.74. The first-order valence-electron chi connectivity index (χ1n) is 6.88. The molecule has 1 aromatic rings. The summed E-state index contributed by atoms with van der Waals surface area (Å²) in [6.07, 6.45) is -1.84. The summed E-state index contributed by atoms with van der Waals surface area (Å²) in [5.74, 6) is 0. The highest BCUT2D eigenvalue weighted by molar-refractivity contribution is 6.35. The Labute approximate surface area is 145 Å². The number of halogens is 2. The van der Waals surface area contributed by atoms with Gasteiger partial charge in [-0.05, 0) is 53.7 Å². The van der Waals surface area contributed by atoms with E-state index in [4.69, 9.17) is 32.7 Å². The van der Waals surface area contributed by atoms with Gasteiger partial charge in [0.2, 0.25) is 0 Å². The molecule has 0 aliphatic carbocycles. The molecule has 23 heavy (non-hydrogen) atoms. The normalized spacial score (nSPS) is 11.8. The Hall–Kier alpha value is -1.53. The summed E-state index contributed by atoms with van der Waals surface area (Å²) in [7, 11) is 0. The van der Waals surface area contributed by atoms with Gasteiger partial charge in [-0.2, -0.15) is 4.90 Å². The van der Waals surface area contributed by atoms with E-state index in [0.717, 1.165) is 0 Å². The van der Waals surface area contributed by atoms with Crippen molar-refractivity contribution in [1.82, 2.24) is 4.98 Å². The smallest absolute Gasteiger partial charge is 0.424 e. The molecule has 6 nitrogen and oxygen atoms in total. The summed E-state index contributed by atoms with van der Waals surface area (Å²) in [6, 6.07) is 2.80. The third-order valence-corrected chi connectivity index (χ3v) is 2.68. The maximum Gasteiger partial charge on any atom is 0.424 e. The van der Waals surface area contributed by atoms with Gasteiger partial charge in [0.15, 0.2) is 5.15 Å². The monoisotopic (exact) mass is 362 g/mol. The number of nitrogens with zero attached hydrogens (tertiary/aromatic N) is 2. The van der Waals surface area contributed by atoms with Crippen molar-refractivity contribution in [3.8, 4) is 0 Å². The van der Waals surface area contributed by atoms with Crippen LogP contribution in [-0.2, 0) is 9.47 Å². The van der Waals surface area contributed by atoms with E-state index in [-0.39, 0.29) is 16.0 Å². The Morgan fingerprint density at radius 1 is 0.957 bits per heavy atom. The van der Waals surface area contributed by atoms with Crippen LogP contribution in [-0.4, -0.2) is 28.4 Å². The first-order valence-corrected chi connectivity index (χ1v) is 7.64. The molecule has 0 bridgehead atoms. The van der Waals surface area contributed by atoms with Gasteiger partial charge < -0.3 is 9.47 Å². The van der Waals surface area contributed by atoms with E-state index in [1.165, 1.54) is 12.1 Å². The molecule has 1 heterocycles. The van der Waals surface area contributed by atoms with Crippen molar-refractivity contribution in [1.29, 1.82) is 0 Å². The van der Waals surface area contributed by atoms with Crippen molar-refractivity contribution < 1.29 is 19.1 Å². The van der Waals surface area contributed by atoms with Crippen LogP contribution in [0.25, 0.3) is 0 Å². The number of carbonyl (C=O) groups excluding carboxylic acids is 2. The first-order chi connectivity index (χ1) is 10.3. The maximum atomic E-state index is 12.4. The van der Waals surface area contributed by atoms with Crippen LogP contribution in [0, 0.1) is 0 Å². The molecular weight excluding hydrogens is 343 g/mol. The molecule has 0 unspecified atom stereocenters. The van der Waals surface area contributed by atoms with Gasteiger partial charge in [0, 0.05) is 0 Å². The number of hydrogen-bond acceptors (Lipinski definition) is 5. The second-order valence-corrected chi connectivity index (χ2v) is 7.49. The molecule has 0 radical (unpaired) electrons. The van der Waals surface area contributed by atoms with Crippen LogP contribution < -0.4 is 4.90 Å². The van der Waals surface area contributed by atoms with E-state index in [1.807, 2.05) is 0 Å². The molecule has 0 atom stereocenters. The fourth-order valence-corrected chi connectivity index (χ4v) is 1.89. The van der Waals surface area contributed by atoms with Gasteiger partial charge in [-0.1, -0.05) is 23.2 Å². The Balaban J connectivity index is 3.25. The molecule has 0 aliphatic heterocycles. The number of carbonyl (C=O) groups is 2. The number of pyridine rings is 1. The molecule has 128 valence electrons. The molecule has 0 fully saturated rings. The fourth-order valence-electron chi connectivity index (χ4n) is 1.46.